The summed E-state index contributed by atoms with van der Waals surface area (Å²) in [5.41, 5.74) is -0.864. The van der Waals surface area contributed by atoms with Gasteiger partial charge in [-0.25, -0.2) is 13.2 Å². The quantitative estimate of drug-likeness (QED) is 0.775. The Balaban J connectivity index is 2.79. The van der Waals surface area contributed by atoms with Crippen LogP contribution in [0, 0.1) is 5.82 Å². The van der Waals surface area contributed by atoms with Crippen molar-refractivity contribution in [3.05, 3.63) is 46.0 Å². The molecular weight excluding hydrogens is 207 g/mol. The lowest BCUT2D eigenvalue weighted by Gasteiger charge is -2.02. The molecule has 2 rings (SSSR count). The molecule has 0 fully saturated rings. The Hall–Kier alpha value is -1.78. The average molecular weight is 213 g/mol. The summed E-state index contributed by atoms with van der Waals surface area (Å²) in [6.07, 6.45) is -2.74. The minimum absolute atomic E-state index is 0.0689. The summed E-state index contributed by atoms with van der Waals surface area (Å²) in [4.78, 5) is 13.7. The van der Waals surface area contributed by atoms with Gasteiger partial charge in [0.15, 0.2) is 5.43 Å². The number of aromatic nitrogens is 1. The van der Waals surface area contributed by atoms with Crippen LogP contribution in [0.1, 0.15) is 12.1 Å². The van der Waals surface area contributed by atoms with Gasteiger partial charge in [-0.3, -0.25) is 4.79 Å². The minimum atomic E-state index is -2.74. The zero-order valence-corrected chi connectivity index (χ0v) is 7.43. The molecule has 0 aliphatic heterocycles. The Labute approximate surface area is 82.4 Å². The third kappa shape index (κ3) is 1.72. The summed E-state index contributed by atoms with van der Waals surface area (Å²) in [5.74, 6) is -0.571. The Morgan fingerprint density at radius 2 is 1.93 bits per heavy atom. The Kier molecular flexibility index (Phi) is 2.22. The molecule has 78 valence electrons. The number of pyridine rings is 1. The van der Waals surface area contributed by atoms with Gasteiger partial charge in [0.05, 0.1) is 5.69 Å². The lowest BCUT2D eigenvalue weighted by atomic mass is 10.2. The van der Waals surface area contributed by atoms with Gasteiger partial charge >= 0.3 is 0 Å². The maximum atomic E-state index is 12.8. The first kappa shape index (κ1) is 9.76. The standard InChI is InChI=1S/C10H6F3NO/c11-5-1-2-7-6(3-5)9(15)4-8(14-7)10(12)13/h1-4,10H,(H,14,15). The van der Waals surface area contributed by atoms with Gasteiger partial charge in [-0.05, 0) is 18.2 Å². The SMILES string of the molecule is O=c1cc(C(F)F)[nH]c2ccc(F)cc12. The predicted octanol–water partition coefficient (Wildman–Crippen LogP) is 2.60. The maximum Gasteiger partial charge on any atom is 0.278 e. The van der Waals surface area contributed by atoms with E-state index in [1.54, 1.807) is 0 Å². The normalized spacial score (nSPS) is 11.2. The van der Waals surface area contributed by atoms with Crippen molar-refractivity contribution < 1.29 is 13.2 Å². The number of alkyl halides is 2. The number of fused-ring (bicyclic) bond motifs is 1. The molecule has 0 saturated carbocycles. The van der Waals surface area contributed by atoms with Crippen LogP contribution in [0.15, 0.2) is 29.1 Å². The molecule has 0 unspecified atom stereocenters. The highest BCUT2D eigenvalue weighted by molar-refractivity contribution is 5.78. The highest BCUT2D eigenvalue weighted by atomic mass is 19.3. The zero-order chi connectivity index (χ0) is 11.0. The minimum Gasteiger partial charge on any atom is -0.354 e. The molecule has 2 nitrogen and oxygen atoms in total. The summed E-state index contributed by atoms with van der Waals surface area (Å²) in [6.45, 7) is 0. The summed E-state index contributed by atoms with van der Waals surface area (Å²) >= 11 is 0. The first-order valence-corrected chi connectivity index (χ1v) is 4.18. The summed E-state index contributed by atoms with van der Waals surface area (Å²) in [6, 6.07) is 4.17. The molecule has 0 saturated heterocycles. The van der Waals surface area contributed by atoms with Crippen molar-refractivity contribution in [3.63, 3.8) is 0 Å². The second-order valence-electron chi connectivity index (χ2n) is 3.08. The fourth-order valence-electron chi connectivity index (χ4n) is 1.36. The van der Waals surface area contributed by atoms with Gasteiger partial charge in [-0.1, -0.05) is 0 Å². The highest BCUT2D eigenvalue weighted by Crippen LogP contribution is 2.17. The number of nitrogens with one attached hydrogen (secondary N) is 1. The lowest BCUT2D eigenvalue weighted by molar-refractivity contribution is 0.146. The van der Waals surface area contributed by atoms with Gasteiger partial charge in [-0.2, -0.15) is 0 Å². The molecule has 0 aliphatic carbocycles. The number of rotatable bonds is 1. The van der Waals surface area contributed by atoms with Gasteiger partial charge < -0.3 is 4.98 Å². The number of H-pyrrole nitrogens is 1. The molecule has 0 amide bonds. The van der Waals surface area contributed by atoms with E-state index < -0.39 is 23.4 Å². The second-order valence-corrected chi connectivity index (χ2v) is 3.08. The summed E-state index contributed by atoms with van der Waals surface area (Å²) in [7, 11) is 0. The number of hydrogen-bond donors (Lipinski definition) is 1. The number of benzene rings is 1. The summed E-state index contributed by atoms with van der Waals surface area (Å²) in [5, 5.41) is 0.0689. The smallest absolute Gasteiger partial charge is 0.278 e. The van der Waals surface area contributed by atoms with E-state index in [1.165, 1.54) is 6.07 Å². The third-order valence-electron chi connectivity index (χ3n) is 2.05. The predicted molar refractivity (Wildman–Crippen MR) is 49.5 cm³/mol. The van der Waals surface area contributed by atoms with Crippen molar-refractivity contribution >= 4 is 10.9 Å². The Bertz CT molecular complexity index is 562. The molecule has 0 bridgehead atoms. The monoisotopic (exact) mass is 213 g/mol. The van der Waals surface area contributed by atoms with E-state index in [-0.39, 0.29) is 10.9 Å². The molecule has 1 aromatic carbocycles. The van der Waals surface area contributed by atoms with E-state index in [2.05, 4.69) is 4.98 Å². The van der Waals surface area contributed by atoms with Gasteiger partial charge in [0.25, 0.3) is 6.43 Å². The fourth-order valence-corrected chi connectivity index (χ4v) is 1.36. The van der Waals surface area contributed by atoms with E-state index in [1.807, 2.05) is 0 Å². The van der Waals surface area contributed by atoms with Gasteiger partial charge in [0, 0.05) is 17.0 Å². The lowest BCUT2D eigenvalue weighted by Crippen LogP contribution is -2.05. The van der Waals surface area contributed by atoms with Crippen molar-refractivity contribution in [2.75, 3.05) is 0 Å². The molecule has 1 heterocycles. The van der Waals surface area contributed by atoms with E-state index in [9.17, 15) is 18.0 Å². The van der Waals surface area contributed by atoms with E-state index in [0.29, 0.717) is 0 Å². The number of hydrogen-bond acceptors (Lipinski definition) is 1. The molecular formula is C10H6F3NO. The maximum absolute atomic E-state index is 12.8. The van der Waals surface area contributed by atoms with Crippen LogP contribution >= 0.6 is 0 Å². The summed E-state index contributed by atoms with van der Waals surface area (Å²) < 4.78 is 37.4. The van der Waals surface area contributed by atoms with Gasteiger partial charge in [0.2, 0.25) is 0 Å². The molecule has 0 spiro atoms. The van der Waals surface area contributed by atoms with Crippen molar-refractivity contribution in [3.8, 4) is 0 Å². The van der Waals surface area contributed by atoms with Crippen LogP contribution in [-0.4, -0.2) is 4.98 Å². The average Bonchev–Trinajstić information content (AvgIpc) is 2.18. The van der Waals surface area contributed by atoms with E-state index >= 15 is 0 Å². The van der Waals surface area contributed by atoms with Crippen LogP contribution in [0.2, 0.25) is 0 Å². The molecule has 2 aromatic rings. The van der Waals surface area contributed by atoms with Crippen molar-refractivity contribution in [1.82, 2.24) is 4.98 Å². The van der Waals surface area contributed by atoms with E-state index in [0.717, 1.165) is 18.2 Å². The molecule has 1 aromatic heterocycles. The van der Waals surface area contributed by atoms with Gasteiger partial charge in [-0.15, -0.1) is 0 Å². The van der Waals surface area contributed by atoms with Crippen LogP contribution in [0.25, 0.3) is 10.9 Å². The topological polar surface area (TPSA) is 32.9 Å². The molecule has 0 atom stereocenters. The second kappa shape index (κ2) is 3.42. The third-order valence-corrected chi connectivity index (χ3v) is 2.05. The van der Waals surface area contributed by atoms with Crippen LogP contribution < -0.4 is 5.43 Å². The first-order chi connectivity index (χ1) is 7.08. The largest absolute Gasteiger partial charge is 0.354 e. The van der Waals surface area contributed by atoms with Crippen molar-refractivity contribution in [2.45, 2.75) is 6.43 Å². The Morgan fingerprint density at radius 3 is 2.60 bits per heavy atom. The van der Waals surface area contributed by atoms with Crippen LogP contribution in [0.3, 0.4) is 0 Å². The molecule has 0 aliphatic rings. The van der Waals surface area contributed by atoms with Crippen LogP contribution in [0.4, 0.5) is 13.2 Å². The molecule has 5 heteroatoms. The molecule has 1 N–H and O–H groups in total. The zero-order valence-electron chi connectivity index (χ0n) is 7.43. The molecule has 0 radical (unpaired) electrons. The molecule has 15 heavy (non-hydrogen) atoms. The highest BCUT2D eigenvalue weighted by Gasteiger charge is 2.10. The fraction of sp³-hybridized carbons (Fsp3) is 0.100. The first-order valence-electron chi connectivity index (χ1n) is 4.18. The van der Waals surface area contributed by atoms with Gasteiger partial charge in [0.1, 0.15) is 5.82 Å². The van der Waals surface area contributed by atoms with E-state index in [4.69, 9.17) is 0 Å². The van der Waals surface area contributed by atoms with Crippen molar-refractivity contribution in [2.24, 2.45) is 0 Å². The number of aromatic amines is 1. The van der Waals surface area contributed by atoms with Crippen LogP contribution in [0.5, 0.6) is 0 Å². The Morgan fingerprint density at radius 1 is 1.20 bits per heavy atom. The van der Waals surface area contributed by atoms with Crippen LogP contribution in [-0.2, 0) is 0 Å². The number of halogens is 3. The van der Waals surface area contributed by atoms with Crippen molar-refractivity contribution in [1.29, 1.82) is 0 Å².